The maximum absolute atomic E-state index is 5.61. The van der Waals surface area contributed by atoms with Gasteiger partial charge in [0.05, 0.1) is 26.0 Å². The van der Waals surface area contributed by atoms with E-state index in [9.17, 15) is 0 Å². The number of nitrogen functional groups attached to an aromatic ring is 1. The molecule has 2 aromatic heterocycles. The summed E-state index contributed by atoms with van der Waals surface area (Å²) in [6, 6.07) is 0. The van der Waals surface area contributed by atoms with E-state index in [1.807, 2.05) is 0 Å². The molecule has 9 heteroatoms. The van der Waals surface area contributed by atoms with Crippen LogP contribution < -0.4 is 16.0 Å². The topological polar surface area (TPSA) is 120 Å². The van der Waals surface area contributed by atoms with E-state index < -0.39 is 0 Å². The molecule has 0 atom stereocenters. The number of rotatable bonds is 9. The van der Waals surface area contributed by atoms with Gasteiger partial charge >= 0.3 is 0 Å². The van der Waals surface area contributed by atoms with Crippen LogP contribution in [0.2, 0.25) is 0 Å². The lowest BCUT2D eigenvalue weighted by Gasteiger charge is -2.08. The summed E-state index contributed by atoms with van der Waals surface area (Å²) in [5.41, 5.74) is 2.95. The van der Waals surface area contributed by atoms with Gasteiger partial charge in [-0.2, -0.15) is 15.1 Å². The Bertz CT molecular complexity index is 532. The molecule has 0 saturated heterocycles. The summed E-state index contributed by atoms with van der Waals surface area (Å²) in [6.45, 7) is 2.25. The molecule has 0 fully saturated rings. The number of aromatic nitrogens is 4. The quantitative estimate of drug-likeness (QED) is 0.336. The molecular weight excluding hydrogens is 264 g/mol. The van der Waals surface area contributed by atoms with Gasteiger partial charge in [-0.3, -0.25) is 10.5 Å². The first-order valence-electron chi connectivity index (χ1n) is 6.22. The average Bonchev–Trinajstić information content (AvgIpc) is 2.94. The molecule has 0 aliphatic heterocycles. The van der Waals surface area contributed by atoms with Gasteiger partial charge in [0.2, 0.25) is 11.8 Å². The Morgan fingerprint density at radius 3 is 2.95 bits per heavy atom. The Labute approximate surface area is 115 Å². The Morgan fingerprint density at radius 1 is 1.25 bits per heavy atom. The van der Waals surface area contributed by atoms with Gasteiger partial charge in [-0.05, 0) is 0 Å². The zero-order chi connectivity index (χ0) is 14.2. The van der Waals surface area contributed by atoms with Crippen molar-refractivity contribution in [2.24, 2.45) is 5.84 Å². The molecule has 0 radical (unpaired) electrons. The molecule has 0 bridgehead atoms. The highest BCUT2D eigenvalue weighted by Crippen LogP contribution is 2.21. The molecule has 0 aromatic carbocycles. The lowest BCUT2D eigenvalue weighted by molar-refractivity contribution is 0.0643. The van der Waals surface area contributed by atoms with Crippen LogP contribution in [0.15, 0.2) is 6.20 Å². The number of hydrogen-bond acceptors (Lipinski definition) is 8. The van der Waals surface area contributed by atoms with Gasteiger partial charge in [0, 0.05) is 20.1 Å². The second-order valence-electron chi connectivity index (χ2n) is 3.94. The Morgan fingerprint density at radius 2 is 2.15 bits per heavy atom. The maximum Gasteiger partial charge on any atom is 0.242 e. The number of nitrogens with two attached hydrogens (primary N) is 1. The van der Waals surface area contributed by atoms with Crippen molar-refractivity contribution >= 4 is 17.0 Å². The largest absolute Gasteiger partial charge is 0.477 e. The number of nitrogens with one attached hydrogen (secondary N) is 2. The summed E-state index contributed by atoms with van der Waals surface area (Å²) < 4.78 is 15.8. The molecule has 0 saturated carbocycles. The van der Waals surface area contributed by atoms with E-state index in [2.05, 4.69) is 25.6 Å². The van der Waals surface area contributed by atoms with Gasteiger partial charge in [0.15, 0.2) is 5.65 Å². The van der Waals surface area contributed by atoms with Crippen LogP contribution in [0.3, 0.4) is 0 Å². The van der Waals surface area contributed by atoms with Gasteiger partial charge in [-0.1, -0.05) is 0 Å². The van der Waals surface area contributed by atoms with Crippen LogP contribution in [0.4, 0.5) is 5.95 Å². The first-order chi connectivity index (χ1) is 9.85. The lowest BCUT2D eigenvalue weighted by Crippen LogP contribution is -2.12. The van der Waals surface area contributed by atoms with Crippen molar-refractivity contribution in [3.8, 4) is 5.88 Å². The second-order valence-corrected chi connectivity index (χ2v) is 3.94. The van der Waals surface area contributed by atoms with E-state index in [4.69, 9.17) is 20.1 Å². The number of aromatic amines is 1. The number of ether oxygens (including phenoxy) is 3. The molecule has 0 aliphatic carbocycles. The summed E-state index contributed by atoms with van der Waals surface area (Å²) in [4.78, 5) is 8.26. The van der Waals surface area contributed by atoms with Gasteiger partial charge in [0.25, 0.3) is 0 Å². The third kappa shape index (κ3) is 3.76. The van der Waals surface area contributed by atoms with E-state index in [0.717, 1.165) is 6.42 Å². The Hall–Kier alpha value is -1.97. The normalized spacial score (nSPS) is 10.9. The van der Waals surface area contributed by atoms with Crippen LogP contribution in [0.5, 0.6) is 5.88 Å². The summed E-state index contributed by atoms with van der Waals surface area (Å²) in [5, 5.41) is 7.36. The first kappa shape index (κ1) is 14.4. The predicted molar refractivity (Wildman–Crippen MR) is 72.3 cm³/mol. The van der Waals surface area contributed by atoms with Crippen LogP contribution in [0, 0.1) is 0 Å². The van der Waals surface area contributed by atoms with Crippen LogP contribution in [-0.2, 0) is 9.47 Å². The highest BCUT2D eigenvalue weighted by atomic mass is 16.5. The SMILES string of the molecule is COCCOCCCOc1nc(NN)nc2[nH]ncc12. The average molecular weight is 282 g/mol. The third-order valence-electron chi connectivity index (χ3n) is 2.51. The van der Waals surface area contributed by atoms with Crippen LogP contribution in [-0.4, -0.2) is 53.7 Å². The molecule has 4 N–H and O–H groups in total. The molecule has 110 valence electrons. The van der Waals surface area contributed by atoms with Crippen molar-refractivity contribution in [1.82, 2.24) is 20.2 Å². The Balaban J connectivity index is 1.84. The van der Waals surface area contributed by atoms with Crippen LogP contribution in [0.1, 0.15) is 6.42 Å². The highest BCUT2D eigenvalue weighted by Gasteiger charge is 2.09. The van der Waals surface area contributed by atoms with Gasteiger partial charge < -0.3 is 14.2 Å². The maximum atomic E-state index is 5.61. The van der Waals surface area contributed by atoms with Crippen molar-refractivity contribution in [3.05, 3.63) is 6.20 Å². The number of H-pyrrole nitrogens is 1. The number of fused-ring (bicyclic) bond motifs is 1. The monoisotopic (exact) mass is 282 g/mol. The zero-order valence-corrected chi connectivity index (χ0v) is 11.3. The Kier molecular flexibility index (Phi) is 5.47. The minimum atomic E-state index is 0.271. The van der Waals surface area contributed by atoms with E-state index in [1.54, 1.807) is 13.3 Å². The number of anilines is 1. The molecule has 0 aliphatic rings. The van der Waals surface area contributed by atoms with Gasteiger partial charge in [0.1, 0.15) is 5.39 Å². The van der Waals surface area contributed by atoms with Crippen LogP contribution in [0.25, 0.3) is 11.0 Å². The standard InChI is InChI=1S/C11H18N6O3/c1-18-5-6-19-3-2-4-20-10-8-7-13-17-9(8)14-11(15-10)16-12/h7H,2-6,12H2,1H3,(H2,13,14,15,16,17). The molecule has 2 heterocycles. The molecule has 0 amide bonds. The van der Waals surface area contributed by atoms with E-state index in [-0.39, 0.29) is 5.95 Å². The smallest absolute Gasteiger partial charge is 0.242 e. The molecule has 0 unspecified atom stereocenters. The highest BCUT2D eigenvalue weighted by molar-refractivity contribution is 5.80. The minimum absolute atomic E-state index is 0.271. The summed E-state index contributed by atoms with van der Waals surface area (Å²) in [6.07, 6.45) is 2.36. The van der Waals surface area contributed by atoms with Crippen molar-refractivity contribution in [1.29, 1.82) is 0 Å². The molecular formula is C11H18N6O3. The van der Waals surface area contributed by atoms with E-state index >= 15 is 0 Å². The summed E-state index contributed by atoms with van der Waals surface area (Å²) in [5.74, 6) is 6.01. The number of methoxy groups -OCH3 is 1. The van der Waals surface area contributed by atoms with Crippen molar-refractivity contribution < 1.29 is 14.2 Å². The fraction of sp³-hybridized carbons (Fsp3) is 0.545. The molecule has 0 spiro atoms. The van der Waals surface area contributed by atoms with Crippen LogP contribution >= 0.6 is 0 Å². The van der Waals surface area contributed by atoms with Crippen molar-refractivity contribution in [2.75, 3.05) is 39.0 Å². The van der Waals surface area contributed by atoms with Crippen molar-refractivity contribution in [2.45, 2.75) is 6.42 Å². The number of nitrogens with zero attached hydrogens (tertiary/aromatic N) is 3. The molecule has 20 heavy (non-hydrogen) atoms. The third-order valence-corrected chi connectivity index (χ3v) is 2.51. The fourth-order valence-corrected chi connectivity index (χ4v) is 1.56. The molecule has 9 nitrogen and oxygen atoms in total. The molecule has 2 rings (SSSR count). The van der Waals surface area contributed by atoms with Gasteiger partial charge in [-0.15, -0.1) is 0 Å². The minimum Gasteiger partial charge on any atom is -0.477 e. The summed E-state index contributed by atoms with van der Waals surface area (Å²) >= 11 is 0. The van der Waals surface area contributed by atoms with Gasteiger partial charge in [-0.25, -0.2) is 5.84 Å². The van der Waals surface area contributed by atoms with E-state index in [1.165, 1.54) is 0 Å². The summed E-state index contributed by atoms with van der Waals surface area (Å²) in [7, 11) is 1.64. The lowest BCUT2D eigenvalue weighted by atomic mass is 10.4. The fourth-order valence-electron chi connectivity index (χ4n) is 1.56. The number of hydrogen-bond donors (Lipinski definition) is 3. The van der Waals surface area contributed by atoms with E-state index in [0.29, 0.717) is 43.3 Å². The first-order valence-corrected chi connectivity index (χ1v) is 6.22. The molecule has 2 aromatic rings. The van der Waals surface area contributed by atoms with Crippen molar-refractivity contribution in [3.63, 3.8) is 0 Å². The second kappa shape index (κ2) is 7.58. The zero-order valence-electron chi connectivity index (χ0n) is 11.3. The predicted octanol–water partition coefficient (Wildman–Crippen LogP) is 0.0704. The number of hydrazine groups is 1.